The monoisotopic (exact) mass is 205 g/mol. The van der Waals surface area contributed by atoms with Crippen molar-refractivity contribution in [2.75, 3.05) is 0 Å². The van der Waals surface area contributed by atoms with E-state index in [-0.39, 0.29) is 16.9 Å². The Kier molecular flexibility index (Phi) is 2.31. The number of benzene rings is 1. The van der Waals surface area contributed by atoms with Crippen molar-refractivity contribution in [1.82, 2.24) is 4.98 Å². The first kappa shape index (κ1) is 9.90. The van der Waals surface area contributed by atoms with Crippen molar-refractivity contribution < 1.29 is 4.39 Å². The van der Waals surface area contributed by atoms with Crippen LogP contribution in [0, 0.1) is 5.82 Å². The fraction of sp³-hybridized carbons (Fsp3) is 0.250. The summed E-state index contributed by atoms with van der Waals surface area (Å²) in [6, 6.07) is 4.72. The molecule has 0 atom stereocenters. The Morgan fingerprint density at radius 1 is 1.33 bits per heavy atom. The fourth-order valence-electron chi connectivity index (χ4n) is 1.77. The Hall–Kier alpha value is -1.64. The van der Waals surface area contributed by atoms with E-state index in [9.17, 15) is 9.18 Å². The van der Waals surface area contributed by atoms with Crippen LogP contribution in [0.3, 0.4) is 0 Å². The second-order valence-electron chi connectivity index (χ2n) is 3.89. The highest BCUT2D eigenvalue weighted by atomic mass is 19.1. The van der Waals surface area contributed by atoms with Gasteiger partial charge in [-0.3, -0.25) is 4.79 Å². The van der Waals surface area contributed by atoms with Gasteiger partial charge in [-0.25, -0.2) is 4.39 Å². The molecular formula is C12H12FNO. The Labute approximate surface area is 86.8 Å². The van der Waals surface area contributed by atoms with E-state index < -0.39 is 5.82 Å². The number of aromatic amines is 1. The Morgan fingerprint density at radius 2 is 2.07 bits per heavy atom. The summed E-state index contributed by atoms with van der Waals surface area (Å²) < 4.78 is 13.5. The van der Waals surface area contributed by atoms with E-state index in [1.807, 2.05) is 13.8 Å². The minimum absolute atomic E-state index is 0.156. The summed E-state index contributed by atoms with van der Waals surface area (Å²) in [6.45, 7) is 4.02. The van der Waals surface area contributed by atoms with Gasteiger partial charge in [0.25, 0.3) is 5.56 Å². The van der Waals surface area contributed by atoms with Gasteiger partial charge in [0.05, 0.1) is 5.39 Å². The van der Waals surface area contributed by atoms with E-state index in [1.165, 1.54) is 6.07 Å². The zero-order chi connectivity index (χ0) is 11.0. The molecule has 3 heteroatoms. The van der Waals surface area contributed by atoms with E-state index in [1.54, 1.807) is 18.3 Å². The van der Waals surface area contributed by atoms with Gasteiger partial charge in [0.1, 0.15) is 5.82 Å². The van der Waals surface area contributed by atoms with Gasteiger partial charge in [-0.1, -0.05) is 26.0 Å². The van der Waals surface area contributed by atoms with Crippen molar-refractivity contribution in [3.63, 3.8) is 0 Å². The number of rotatable bonds is 1. The lowest BCUT2D eigenvalue weighted by Gasteiger charge is -2.09. The van der Waals surface area contributed by atoms with E-state index in [2.05, 4.69) is 4.98 Å². The predicted octanol–water partition coefficient (Wildman–Crippen LogP) is 2.79. The van der Waals surface area contributed by atoms with Crippen LogP contribution in [-0.4, -0.2) is 4.98 Å². The zero-order valence-corrected chi connectivity index (χ0v) is 8.67. The van der Waals surface area contributed by atoms with Crippen LogP contribution in [0.15, 0.2) is 29.2 Å². The molecule has 0 saturated carbocycles. The summed E-state index contributed by atoms with van der Waals surface area (Å²) in [7, 11) is 0. The molecule has 2 aromatic rings. The predicted molar refractivity (Wildman–Crippen MR) is 58.6 cm³/mol. The molecule has 0 bridgehead atoms. The van der Waals surface area contributed by atoms with Crippen LogP contribution in [0.1, 0.15) is 25.3 Å². The number of halogens is 1. The summed E-state index contributed by atoms with van der Waals surface area (Å²) in [4.78, 5) is 14.0. The molecule has 0 unspecified atom stereocenters. The molecule has 0 radical (unpaired) electrons. The maximum atomic E-state index is 13.5. The first-order chi connectivity index (χ1) is 7.11. The Bertz CT molecular complexity index is 557. The van der Waals surface area contributed by atoms with Crippen LogP contribution in [0.2, 0.25) is 0 Å². The molecular weight excluding hydrogens is 193 g/mol. The highest BCUT2D eigenvalue weighted by Gasteiger charge is 2.10. The number of hydrogen-bond acceptors (Lipinski definition) is 1. The summed E-state index contributed by atoms with van der Waals surface area (Å²) in [6.07, 6.45) is 1.66. The lowest BCUT2D eigenvalue weighted by atomic mass is 9.99. The topological polar surface area (TPSA) is 32.9 Å². The van der Waals surface area contributed by atoms with Gasteiger partial charge in [-0.05, 0) is 22.9 Å². The van der Waals surface area contributed by atoms with E-state index in [0.29, 0.717) is 5.39 Å². The summed E-state index contributed by atoms with van der Waals surface area (Å²) in [5, 5.41) is 0.859. The van der Waals surface area contributed by atoms with E-state index >= 15 is 0 Å². The summed E-state index contributed by atoms with van der Waals surface area (Å²) in [5.74, 6) is -0.206. The molecule has 0 aliphatic carbocycles. The molecule has 0 saturated heterocycles. The average Bonchev–Trinajstić information content (AvgIpc) is 2.17. The molecule has 78 valence electrons. The molecule has 0 aliphatic rings. The van der Waals surface area contributed by atoms with Crippen LogP contribution in [0.25, 0.3) is 10.8 Å². The molecule has 0 fully saturated rings. The summed E-state index contributed by atoms with van der Waals surface area (Å²) in [5.41, 5.74) is 0.594. The minimum Gasteiger partial charge on any atom is -0.328 e. The Balaban J connectivity index is 2.95. The van der Waals surface area contributed by atoms with Gasteiger partial charge < -0.3 is 4.98 Å². The zero-order valence-electron chi connectivity index (χ0n) is 8.67. The molecule has 1 heterocycles. The molecule has 0 amide bonds. The molecule has 0 spiro atoms. The summed E-state index contributed by atoms with van der Waals surface area (Å²) >= 11 is 0. The third kappa shape index (κ3) is 1.54. The van der Waals surface area contributed by atoms with Crippen molar-refractivity contribution >= 4 is 10.8 Å². The maximum Gasteiger partial charge on any atom is 0.258 e. The van der Waals surface area contributed by atoms with Gasteiger partial charge >= 0.3 is 0 Å². The molecule has 2 nitrogen and oxygen atoms in total. The SMILES string of the molecule is CC(C)c1c[nH]c(=O)c2c(F)cccc12. The van der Waals surface area contributed by atoms with Crippen LogP contribution >= 0.6 is 0 Å². The van der Waals surface area contributed by atoms with Crippen molar-refractivity contribution in [2.45, 2.75) is 19.8 Å². The molecule has 1 aromatic heterocycles. The minimum atomic E-state index is -0.462. The maximum absolute atomic E-state index is 13.5. The quantitative estimate of drug-likeness (QED) is 0.762. The van der Waals surface area contributed by atoms with E-state index in [0.717, 1.165) is 5.56 Å². The lowest BCUT2D eigenvalue weighted by Crippen LogP contribution is -2.09. The van der Waals surface area contributed by atoms with Gasteiger partial charge in [0.2, 0.25) is 0 Å². The lowest BCUT2D eigenvalue weighted by molar-refractivity contribution is 0.638. The Morgan fingerprint density at radius 3 is 2.73 bits per heavy atom. The number of nitrogens with one attached hydrogen (secondary N) is 1. The van der Waals surface area contributed by atoms with Crippen LogP contribution in [0.5, 0.6) is 0 Å². The molecule has 15 heavy (non-hydrogen) atoms. The third-order valence-corrected chi connectivity index (χ3v) is 2.53. The van der Waals surface area contributed by atoms with Crippen molar-refractivity contribution in [1.29, 1.82) is 0 Å². The van der Waals surface area contributed by atoms with Crippen LogP contribution in [0.4, 0.5) is 4.39 Å². The van der Waals surface area contributed by atoms with E-state index in [4.69, 9.17) is 0 Å². The average molecular weight is 205 g/mol. The normalized spacial score (nSPS) is 11.2. The first-order valence-electron chi connectivity index (χ1n) is 4.91. The first-order valence-corrected chi connectivity index (χ1v) is 4.91. The van der Waals surface area contributed by atoms with Gasteiger partial charge in [-0.15, -0.1) is 0 Å². The number of pyridine rings is 1. The van der Waals surface area contributed by atoms with Crippen LogP contribution < -0.4 is 5.56 Å². The second-order valence-corrected chi connectivity index (χ2v) is 3.89. The second kappa shape index (κ2) is 3.50. The largest absolute Gasteiger partial charge is 0.328 e. The van der Waals surface area contributed by atoms with Crippen molar-refractivity contribution in [2.24, 2.45) is 0 Å². The van der Waals surface area contributed by atoms with Crippen molar-refractivity contribution in [3.05, 3.63) is 46.1 Å². The van der Waals surface area contributed by atoms with Gasteiger partial charge in [0, 0.05) is 6.20 Å². The number of fused-ring (bicyclic) bond motifs is 1. The van der Waals surface area contributed by atoms with Gasteiger partial charge in [0.15, 0.2) is 0 Å². The number of hydrogen-bond donors (Lipinski definition) is 1. The van der Waals surface area contributed by atoms with Gasteiger partial charge in [-0.2, -0.15) is 0 Å². The standard InChI is InChI=1S/C12H12FNO/c1-7(2)9-6-14-12(15)11-8(9)4-3-5-10(11)13/h3-7H,1-2H3,(H,14,15). The van der Waals surface area contributed by atoms with Crippen molar-refractivity contribution in [3.8, 4) is 0 Å². The fourth-order valence-corrected chi connectivity index (χ4v) is 1.77. The number of H-pyrrole nitrogens is 1. The molecule has 2 rings (SSSR count). The third-order valence-electron chi connectivity index (χ3n) is 2.53. The highest BCUT2D eigenvalue weighted by Crippen LogP contribution is 2.23. The highest BCUT2D eigenvalue weighted by molar-refractivity contribution is 5.85. The molecule has 1 aromatic carbocycles. The smallest absolute Gasteiger partial charge is 0.258 e. The van der Waals surface area contributed by atoms with Crippen LogP contribution in [-0.2, 0) is 0 Å². The molecule has 1 N–H and O–H groups in total. The molecule has 0 aliphatic heterocycles. The number of aromatic nitrogens is 1.